The van der Waals surface area contributed by atoms with E-state index >= 15 is 0 Å². The van der Waals surface area contributed by atoms with Gasteiger partial charge in [0.25, 0.3) is 0 Å². The molecule has 3 aromatic rings. The monoisotopic (exact) mass is 412 g/mol. The van der Waals surface area contributed by atoms with Crippen LogP contribution in [0.25, 0.3) is 0 Å². The first-order valence-electron chi connectivity index (χ1n) is 9.14. The number of nitrogens with zero attached hydrogens (tertiary/aromatic N) is 2. The van der Waals surface area contributed by atoms with Crippen molar-refractivity contribution in [3.63, 3.8) is 0 Å². The number of urea groups is 1. The molecule has 2 N–H and O–H groups in total. The van der Waals surface area contributed by atoms with Gasteiger partial charge < -0.3 is 10.1 Å². The topological polar surface area (TPSA) is 85.2 Å². The van der Waals surface area contributed by atoms with E-state index in [0.717, 1.165) is 21.8 Å². The van der Waals surface area contributed by atoms with Crippen molar-refractivity contribution in [3.05, 3.63) is 63.3 Å². The van der Waals surface area contributed by atoms with Crippen molar-refractivity contribution in [2.75, 3.05) is 17.7 Å². The lowest BCUT2D eigenvalue weighted by Crippen LogP contribution is -2.21. The number of aromatic nitrogens is 2. The molecule has 0 aliphatic heterocycles. The van der Waals surface area contributed by atoms with Gasteiger partial charge in [-0.3, -0.25) is 10.00 Å². The third-order valence-corrected chi connectivity index (χ3v) is 5.53. The summed E-state index contributed by atoms with van der Waals surface area (Å²) in [5.74, 6) is -0.483. The predicted octanol–water partition coefficient (Wildman–Crippen LogP) is 4.66. The van der Waals surface area contributed by atoms with Gasteiger partial charge in [0.15, 0.2) is 0 Å². The van der Waals surface area contributed by atoms with Gasteiger partial charge in [-0.15, -0.1) is 11.3 Å². The SMILES string of the molecule is COC(=O)c1cc(C)sc1NC(=O)Nc1c(C)nn(Cc2ccc(C)cc2)c1C. The predicted molar refractivity (Wildman–Crippen MR) is 115 cm³/mol. The highest BCUT2D eigenvalue weighted by Crippen LogP contribution is 2.29. The van der Waals surface area contributed by atoms with Crippen molar-refractivity contribution in [2.45, 2.75) is 34.2 Å². The smallest absolute Gasteiger partial charge is 0.340 e. The number of esters is 1. The zero-order chi connectivity index (χ0) is 21.1. The lowest BCUT2D eigenvalue weighted by molar-refractivity contribution is 0.0602. The number of anilines is 2. The van der Waals surface area contributed by atoms with Gasteiger partial charge in [0.05, 0.1) is 36.3 Å². The second-order valence-corrected chi connectivity index (χ2v) is 8.12. The van der Waals surface area contributed by atoms with E-state index in [1.54, 1.807) is 6.07 Å². The van der Waals surface area contributed by atoms with Crippen molar-refractivity contribution in [2.24, 2.45) is 0 Å². The van der Waals surface area contributed by atoms with E-state index < -0.39 is 12.0 Å². The summed E-state index contributed by atoms with van der Waals surface area (Å²) in [6, 6.07) is 9.53. The van der Waals surface area contributed by atoms with Gasteiger partial charge >= 0.3 is 12.0 Å². The molecule has 0 aliphatic rings. The zero-order valence-electron chi connectivity index (χ0n) is 17.1. The molecule has 29 heavy (non-hydrogen) atoms. The Hall–Kier alpha value is -3.13. The number of nitrogens with one attached hydrogen (secondary N) is 2. The van der Waals surface area contributed by atoms with Crippen LogP contribution in [0.1, 0.15) is 37.7 Å². The first-order valence-corrected chi connectivity index (χ1v) is 9.96. The summed E-state index contributed by atoms with van der Waals surface area (Å²) in [6.45, 7) is 8.30. The van der Waals surface area contributed by atoms with Crippen LogP contribution < -0.4 is 10.6 Å². The maximum absolute atomic E-state index is 12.6. The second-order valence-electron chi connectivity index (χ2n) is 6.86. The van der Waals surface area contributed by atoms with E-state index in [0.29, 0.717) is 22.8 Å². The van der Waals surface area contributed by atoms with Gasteiger partial charge in [-0.05, 0) is 39.3 Å². The Morgan fingerprint density at radius 3 is 2.45 bits per heavy atom. The zero-order valence-corrected chi connectivity index (χ0v) is 17.9. The average Bonchev–Trinajstić information content (AvgIpc) is 3.17. The molecule has 2 heterocycles. The van der Waals surface area contributed by atoms with E-state index in [1.807, 2.05) is 25.5 Å². The van der Waals surface area contributed by atoms with Crippen LogP contribution in [-0.2, 0) is 11.3 Å². The summed E-state index contributed by atoms with van der Waals surface area (Å²) < 4.78 is 6.64. The maximum Gasteiger partial charge on any atom is 0.340 e. The quantitative estimate of drug-likeness (QED) is 0.597. The molecule has 0 radical (unpaired) electrons. The Morgan fingerprint density at radius 2 is 1.79 bits per heavy atom. The Kier molecular flexibility index (Phi) is 6.03. The first kappa shape index (κ1) is 20.6. The fourth-order valence-corrected chi connectivity index (χ4v) is 3.91. The number of aryl methyl sites for hydroxylation is 3. The second kappa shape index (κ2) is 8.48. The molecular weight excluding hydrogens is 388 g/mol. The number of rotatable bonds is 5. The average molecular weight is 413 g/mol. The number of carbonyl (C=O) groups excluding carboxylic acids is 2. The van der Waals surface area contributed by atoms with Gasteiger partial charge in [-0.1, -0.05) is 29.8 Å². The van der Waals surface area contributed by atoms with E-state index in [-0.39, 0.29) is 0 Å². The number of benzene rings is 1. The summed E-state index contributed by atoms with van der Waals surface area (Å²) in [4.78, 5) is 25.4. The fraction of sp³-hybridized carbons (Fsp3) is 0.286. The lowest BCUT2D eigenvalue weighted by atomic mass is 10.1. The number of ether oxygens (including phenoxy) is 1. The van der Waals surface area contributed by atoms with Crippen molar-refractivity contribution in [1.29, 1.82) is 0 Å². The Labute approximate surface area is 173 Å². The Morgan fingerprint density at radius 1 is 1.10 bits per heavy atom. The molecule has 0 saturated carbocycles. The highest BCUT2D eigenvalue weighted by atomic mass is 32.1. The normalized spacial score (nSPS) is 10.7. The number of hydrogen-bond acceptors (Lipinski definition) is 5. The van der Waals surface area contributed by atoms with E-state index in [1.165, 1.54) is 24.0 Å². The van der Waals surface area contributed by atoms with Crippen LogP contribution >= 0.6 is 11.3 Å². The standard InChI is InChI=1S/C21H24N4O3S/c1-12-6-8-16(9-7-12)11-25-15(4)18(14(3)24-25)22-21(27)23-19-17(20(26)28-5)10-13(2)29-19/h6-10H,11H2,1-5H3,(H2,22,23,27). The van der Waals surface area contributed by atoms with Crippen LogP contribution in [0.4, 0.5) is 15.5 Å². The van der Waals surface area contributed by atoms with Crippen molar-refractivity contribution < 1.29 is 14.3 Å². The highest BCUT2D eigenvalue weighted by Gasteiger charge is 2.19. The van der Waals surface area contributed by atoms with E-state index in [4.69, 9.17) is 4.74 Å². The fourth-order valence-electron chi connectivity index (χ4n) is 3.01. The van der Waals surface area contributed by atoms with Gasteiger partial charge in [0.2, 0.25) is 0 Å². The molecule has 0 fully saturated rings. The van der Waals surface area contributed by atoms with Crippen LogP contribution in [0.3, 0.4) is 0 Å². The Bertz CT molecular complexity index is 1050. The van der Waals surface area contributed by atoms with Gasteiger partial charge in [0, 0.05) is 4.88 Å². The molecule has 152 valence electrons. The molecule has 3 rings (SSSR count). The van der Waals surface area contributed by atoms with Crippen molar-refractivity contribution in [3.8, 4) is 0 Å². The first-order chi connectivity index (χ1) is 13.8. The molecule has 0 saturated heterocycles. The third kappa shape index (κ3) is 4.65. The highest BCUT2D eigenvalue weighted by molar-refractivity contribution is 7.16. The summed E-state index contributed by atoms with van der Waals surface area (Å²) in [7, 11) is 1.31. The van der Waals surface area contributed by atoms with Gasteiger partial charge in [0.1, 0.15) is 5.00 Å². The van der Waals surface area contributed by atoms with Crippen LogP contribution in [0, 0.1) is 27.7 Å². The number of amides is 2. The van der Waals surface area contributed by atoms with Crippen LogP contribution in [-0.4, -0.2) is 28.9 Å². The van der Waals surface area contributed by atoms with Gasteiger partial charge in [-0.2, -0.15) is 5.10 Å². The Balaban J connectivity index is 1.75. The van der Waals surface area contributed by atoms with E-state index in [2.05, 4.69) is 46.9 Å². The molecule has 1 aromatic carbocycles. The van der Waals surface area contributed by atoms with Gasteiger partial charge in [-0.25, -0.2) is 9.59 Å². The molecule has 0 spiro atoms. The molecule has 0 atom stereocenters. The minimum absolute atomic E-state index is 0.341. The van der Waals surface area contributed by atoms with Crippen LogP contribution in [0.2, 0.25) is 0 Å². The summed E-state index contributed by atoms with van der Waals surface area (Å²) >= 11 is 1.32. The summed E-state index contributed by atoms with van der Waals surface area (Å²) in [5.41, 5.74) is 4.91. The molecule has 8 heteroatoms. The molecule has 7 nitrogen and oxygen atoms in total. The summed E-state index contributed by atoms with van der Waals surface area (Å²) in [5, 5.41) is 10.6. The van der Waals surface area contributed by atoms with E-state index in [9.17, 15) is 9.59 Å². The third-order valence-electron chi connectivity index (χ3n) is 4.56. The van der Waals surface area contributed by atoms with Crippen LogP contribution in [0.5, 0.6) is 0 Å². The molecular formula is C21H24N4O3S. The minimum atomic E-state index is -0.483. The maximum atomic E-state index is 12.6. The van der Waals surface area contributed by atoms with Crippen molar-refractivity contribution >= 4 is 34.0 Å². The number of thiophene rings is 1. The number of hydrogen-bond donors (Lipinski definition) is 2. The summed E-state index contributed by atoms with van der Waals surface area (Å²) in [6.07, 6.45) is 0. The van der Waals surface area contributed by atoms with Crippen molar-refractivity contribution in [1.82, 2.24) is 9.78 Å². The molecule has 0 bridgehead atoms. The molecule has 0 unspecified atom stereocenters. The molecule has 0 aliphatic carbocycles. The molecule has 2 aromatic heterocycles. The lowest BCUT2D eigenvalue weighted by Gasteiger charge is -2.09. The largest absolute Gasteiger partial charge is 0.465 e. The van der Waals surface area contributed by atoms with Crippen LogP contribution in [0.15, 0.2) is 30.3 Å². The minimum Gasteiger partial charge on any atom is -0.465 e. The molecule has 2 amide bonds. The number of carbonyl (C=O) groups is 2. The number of methoxy groups -OCH3 is 1.